The molecule has 16 heavy (non-hydrogen) atoms. The Labute approximate surface area is 103 Å². The van der Waals surface area contributed by atoms with Crippen molar-refractivity contribution in [3.05, 3.63) is 15.6 Å². The van der Waals surface area contributed by atoms with Crippen LogP contribution in [-0.4, -0.2) is 43.6 Å². The second kappa shape index (κ2) is 6.33. The third-order valence-corrected chi connectivity index (χ3v) is 3.92. The Kier molecular flexibility index (Phi) is 5.38. The molecule has 0 bridgehead atoms. The lowest BCUT2D eigenvalue weighted by molar-refractivity contribution is 0.364. The number of aryl methyl sites for hydroxylation is 2. The van der Waals surface area contributed by atoms with Gasteiger partial charge in [0.1, 0.15) is 0 Å². The Morgan fingerprint density at radius 1 is 1.38 bits per heavy atom. The van der Waals surface area contributed by atoms with E-state index in [1.54, 1.807) is 0 Å². The van der Waals surface area contributed by atoms with Gasteiger partial charge in [-0.05, 0) is 48.0 Å². The van der Waals surface area contributed by atoms with Crippen molar-refractivity contribution < 1.29 is 0 Å². The van der Waals surface area contributed by atoms with Gasteiger partial charge in [-0.1, -0.05) is 0 Å². The largest absolute Gasteiger partial charge is 0.317 e. The summed E-state index contributed by atoms with van der Waals surface area (Å²) in [5, 5.41) is 4.63. The maximum Gasteiger partial charge on any atom is 0.0946 e. The number of thiazole rings is 1. The van der Waals surface area contributed by atoms with Gasteiger partial charge >= 0.3 is 0 Å². The van der Waals surface area contributed by atoms with E-state index in [2.05, 4.69) is 43.1 Å². The first-order valence-electron chi connectivity index (χ1n) is 5.77. The van der Waals surface area contributed by atoms with Crippen LogP contribution < -0.4 is 5.32 Å². The molecule has 0 aliphatic rings. The van der Waals surface area contributed by atoms with E-state index < -0.39 is 0 Å². The number of nitrogens with one attached hydrogen (secondary N) is 1. The van der Waals surface area contributed by atoms with Gasteiger partial charge in [-0.3, -0.25) is 0 Å². The molecule has 0 aliphatic heterocycles. The van der Waals surface area contributed by atoms with Gasteiger partial charge < -0.3 is 10.2 Å². The molecule has 1 heterocycles. The molecular formula is C12H23N3S. The zero-order valence-corrected chi connectivity index (χ0v) is 11.8. The summed E-state index contributed by atoms with van der Waals surface area (Å²) in [6, 6.07) is 0.535. The quantitative estimate of drug-likeness (QED) is 0.824. The first-order valence-corrected chi connectivity index (χ1v) is 6.59. The lowest BCUT2D eigenvalue weighted by Crippen LogP contribution is -2.31. The van der Waals surface area contributed by atoms with Crippen LogP contribution in [0.5, 0.6) is 0 Å². The molecule has 4 heteroatoms. The van der Waals surface area contributed by atoms with Crippen molar-refractivity contribution in [2.24, 2.45) is 0 Å². The fourth-order valence-electron chi connectivity index (χ4n) is 1.60. The molecular weight excluding hydrogens is 218 g/mol. The molecule has 1 atom stereocenters. The summed E-state index contributed by atoms with van der Waals surface area (Å²) in [5.74, 6) is 0. The van der Waals surface area contributed by atoms with Crippen LogP contribution in [0.4, 0.5) is 0 Å². The second-order valence-corrected chi connectivity index (χ2v) is 5.82. The van der Waals surface area contributed by atoms with Crippen molar-refractivity contribution >= 4 is 11.3 Å². The Balaban J connectivity index is 2.49. The molecule has 92 valence electrons. The van der Waals surface area contributed by atoms with Crippen LogP contribution in [0.15, 0.2) is 0 Å². The van der Waals surface area contributed by atoms with Crippen molar-refractivity contribution in [2.75, 3.05) is 27.7 Å². The van der Waals surface area contributed by atoms with Crippen LogP contribution in [0.1, 0.15) is 22.0 Å². The van der Waals surface area contributed by atoms with E-state index in [0.29, 0.717) is 6.04 Å². The van der Waals surface area contributed by atoms with Crippen LogP contribution in [0.3, 0.4) is 0 Å². The SMILES string of the molecule is CNC(CCN(C)C)Cc1nc(C)c(C)s1. The predicted octanol–water partition coefficient (Wildman–Crippen LogP) is 1.84. The highest BCUT2D eigenvalue weighted by atomic mass is 32.1. The summed E-state index contributed by atoms with van der Waals surface area (Å²) in [5.41, 5.74) is 1.18. The number of hydrogen-bond acceptors (Lipinski definition) is 4. The minimum absolute atomic E-state index is 0.535. The molecule has 0 amide bonds. The van der Waals surface area contributed by atoms with Gasteiger partial charge in [-0.25, -0.2) is 4.98 Å². The van der Waals surface area contributed by atoms with Gasteiger partial charge in [0.05, 0.1) is 10.7 Å². The number of rotatable bonds is 6. The topological polar surface area (TPSA) is 28.2 Å². The summed E-state index contributed by atoms with van der Waals surface area (Å²) in [4.78, 5) is 8.16. The smallest absolute Gasteiger partial charge is 0.0946 e. The van der Waals surface area contributed by atoms with Gasteiger partial charge in [0, 0.05) is 17.3 Å². The van der Waals surface area contributed by atoms with E-state index in [-0.39, 0.29) is 0 Å². The van der Waals surface area contributed by atoms with Crippen molar-refractivity contribution in [1.29, 1.82) is 0 Å². The highest BCUT2D eigenvalue weighted by Crippen LogP contribution is 2.18. The minimum Gasteiger partial charge on any atom is -0.317 e. The van der Waals surface area contributed by atoms with Crippen molar-refractivity contribution in [2.45, 2.75) is 32.7 Å². The number of likely N-dealkylation sites (N-methyl/N-ethyl adjacent to an activating group) is 1. The normalized spacial score (nSPS) is 13.4. The van der Waals surface area contributed by atoms with Gasteiger partial charge in [0.2, 0.25) is 0 Å². The highest BCUT2D eigenvalue weighted by molar-refractivity contribution is 7.11. The van der Waals surface area contributed by atoms with Gasteiger partial charge in [0.15, 0.2) is 0 Å². The first-order chi connectivity index (χ1) is 7.52. The summed E-state index contributed by atoms with van der Waals surface area (Å²) in [6.07, 6.45) is 2.21. The molecule has 3 nitrogen and oxygen atoms in total. The van der Waals surface area contributed by atoms with Crippen LogP contribution >= 0.6 is 11.3 Å². The molecule has 0 saturated carbocycles. The summed E-state index contributed by atoms with van der Waals surface area (Å²) in [7, 11) is 6.27. The number of nitrogens with zero attached hydrogens (tertiary/aromatic N) is 2. The first kappa shape index (κ1) is 13.6. The minimum atomic E-state index is 0.535. The van der Waals surface area contributed by atoms with E-state index in [1.807, 2.05) is 18.4 Å². The monoisotopic (exact) mass is 241 g/mol. The van der Waals surface area contributed by atoms with Gasteiger partial charge in [0.25, 0.3) is 0 Å². The van der Waals surface area contributed by atoms with Crippen molar-refractivity contribution in [1.82, 2.24) is 15.2 Å². The molecule has 0 radical (unpaired) electrons. The Morgan fingerprint density at radius 2 is 2.06 bits per heavy atom. The van der Waals surface area contributed by atoms with E-state index in [4.69, 9.17) is 0 Å². The van der Waals surface area contributed by atoms with Crippen LogP contribution in [-0.2, 0) is 6.42 Å². The number of hydrogen-bond donors (Lipinski definition) is 1. The Hall–Kier alpha value is -0.450. The molecule has 0 spiro atoms. The predicted molar refractivity (Wildman–Crippen MR) is 71.3 cm³/mol. The van der Waals surface area contributed by atoms with E-state index >= 15 is 0 Å². The molecule has 1 rings (SSSR count). The maximum absolute atomic E-state index is 4.59. The van der Waals surface area contributed by atoms with Gasteiger partial charge in [-0.15, -0.1) is 11.3 Å². The second-order valence-electron chi connectivity index (χ2n) is 4.53. The van der Waals surface area contributed by atoms with Gasteiger partial charge in [-0.2, -0.15) is 0 Å². The molecule has 1 aromatic heterocycles. The van der Waals surface area contributed by atoms with Crippen LogP contribution in [0.2, 0.25) is 0 Å². The highest BCUT2D eigenvalue weighted by Gasteiger charge is 2.11. The zero-order chi connectivity index (χ0) is 12.1. The Morgan fingerprint density at radius 3 is 2.50 bits per heavy atom. The standard InChI is InChI=1S/C12H23N3S/c1-9-10(2)16-12(14-9)8-11(13-3)6-7-15(4)5/h11,13H,6-8H2,1-5H3. The lowest BCUT2D eigenvalue weighted by Gasteiger charge is -2.17. The molecule has 0 fully saturated rings. The van der Waals surface area contributed by atoms with Crippen molar-refractivity contribution in [3.63, 3.8) is 0 Å². The van der Waals surface area contributed by atoms with E-state index in [0.717, 1.165) is 13.0 Å². The summed E-state index contributed by atoms with van der Waals surface area (Å²) in [6.45, 7) is 5.35. The molecule has 0 saturated heterocycles. The van der Waals surface area contributed by atoms with Crippen LogP contribution in [0, 0.1) is 13.8 Å². The molecule has 1 N–H and O–H groups in total. The fourth-order valence-corrected chi connectivity index (χ4v) is 2.61. The third-order valence-electron chi connectivity index (χ3n) is 2.83. The average molecular weight is 241 g/mol. The third kappa shape index (κ3) is 4.20. The fraction of sp³-hybridized carbons (Fsp3) is 0.750. The Bertz CT molecular complexity index is 301. The number of aromatic nitrogens is 1. The lowest BCUT2D eigenvalue weighted by atomic mass is 10.1. The molecule has 1 aromatic rings. The summed E-state index contributed by atoms with van der Waals surface area (Å²) < 4.78 is 0. The molecule has 0 aromatic carbocycles. The van der Waals surface area contributed by atoms with Crippen LogP contribution in [0.25, 0.3) is 0 Å². The summed E-state index contributed by atoms with van der Waals surface area (Å²) >= 11 is 1.83. The van der Waals surface area contributed by atoms with E-state index in [1.165, 1.54) is 22.0 Å². The molecule has 1 unspecified atom stereocenters. The van der Waals surface area contributed by atoms with Crippen molar-refractivity contribution in [3.8, 4) is 0 Å². The molecule has 0 aliphatic carbocycles. The zero-order valence-electron chi connectivity index (χ0n) is 11.0. The maximum atomic E-state index is 4.59. The van der Waals surface area contributed by atoms with E-state index in [9.17, 15) is 0 Å². The average Bonchev–Trinajstić information content (AvgIpc) is 2.52.